The summed E-state index contributed by atoms with van der Waals surface area (Å²) in [6.07, 6.45) is 5.52. The largest absolute Gasteiger partial charge is 0.367 e. The number of nitrogens with zero attached hydrogens (tertiary/aromatic N) is 6. The number of benzene rings is 1. The van der Waals surface area contributed by atoms with Gasteiger partial charge >= 0.3 is 0 Å². The maximum atomic E-state index is 13.2. The van der Waals surface area contributed by atoms with Crippen molar-refractivity contribution < 1.29 is 4.39 Å². The number of likely N-dealkylation sites (tertiary alicyclic amines) is 1. The third kappa shape index (κ3) is 4.17. The predicted octanol–water partition coefficient (Wildman–Crippen LogP) is 3.09. The van der Waals surface area contributed by atoms with Crippen molar-refractivity contribution in [3.63, 3.8) is 0 Å². The first-order valence-electron chi connectivity index (χ1n) is 10.3. The van der Waals surface area contributed by atoms with E-state index in [0.717, 1.165) is 54.9 Å². The van der Waals surface area contributed by atoms with E-state index in [4.69, 9.17) is 0 Å². The highest BCUT2D eigenvalue weighted by atomic mass is 32.2. The molecule has 30 heavy (non-hydrogen) atoms. The second kappa shape index (κ2) is 8.69. The number of hydrogen-bond acceptors (Lipinski definition) is 7. The molecule has 1 N–H and O–H groups in total. The average Bonchev–Trinajstić information content (AvgIpc) is 3.49. The van der Waals surface area contributed by atoms with Crippen molar-refractivity contribution in [2.75, 3.05) is 36.8 Å². The number of hydrogen-bond donors (Lipinski definition) is 1. The van der Waals surface area contributed by atoms with E-state index in [2.05, 4.69) is 34.9 Å². The van der Waals surface area contributed by atoms with Crippen molar-refractivity contribution in [2.45, 2.75) is 24.0 Å². The zero-order valence-corrected chi connectivity index (χ0v) is 17.4. The summed E-state index contributed by atoms with van der Waals surface area (Å²) in [6, 6.07) is 9.30. The van der Waals surface area contributed by atoms with Crippen molar-refractivity contribution in [1.29, 1.82) is 0 Å². The van der Waals surface area contributed by atoms with Crippen LogP contribution in [-0.4, -0.2) is 68.0 Å². The molecule has 156 valence electrons. The van der Waals surface area contributed by atoms with E-state index in [9.17, 15) is 4.39 Å². The molecule has 0 saturated carbocycles. The van der Waals surface area contributed by atoms with Gasteiger partial charge in [0.25, 0.3) is 0 Å². The number of H-pyrrole nitrogens is 1. The number of fused-ring (bicyclic) bond motifs is 1. The van der Waals surface area contributed by atoms with Crippen LogP contribution in [0.3, 0.4) is 0 Å². The molecule has 0 aliphatic carbocycles. The Kier molecular flexibility index (Phi) is 5.63. The van der Waals surface area contributed by atoms with Gasteiger partial charge in [-0.1, -0.05) is 11.8 Å². The third-order valence-electron chi connectivity index (χ3n) is 5.93. The first-order chi connectivity index (χ1) is 14.8. The fraction of sp³-hybridized carbons (Fsp3) is 0.429. The Bertz CT molecular complexity index is 965. The number of halogens is 1. The summed E-state index contributed by atoms with van der Waals surface area (Å²) in [5.74, 6) is 2.21. The predicted molar refractivity (Wildman–Crippen MR) is 115 cm³/mol. The molecule has 7 nitrogen and oxygen atoms in total. The zero-order valence-electron chi connectivity index (χ0n) is 16.6. The first kappa shape index (κ1) is 19.4. The summed E-state index contributed by atoms with van der Waals surface area (Å²) in [7, 11) is 0. The molecule has 0 spiro atoms. The van der Waals surface area contributed by atoms with Crippen LogP contribution in [0, 0.1) is 11.7 Å². The summed E-state index contributed by atoms with van der Waals surface area (Å²) in [6.45, 7) is 4.41. The topological polar surface area (TPSA) is 73.8 Å². The van der Waals surface area contributed by atoms with Gasteiger partial charge in [0.05, 0.1) is 0 Å². The van der Waals surface area contributed by atoms with Crippen LogP contribution in [0.5, 0.6) is 0 Å². The summed E-state index contributed by atoms with van der Waals surface area (Å²) < 4.78 is 13.2. The lowest BCUT2D eigenvalue weighted by Gasteiger charge is -2.27. The monoisotopic (exact) mass is 425 g/mol. The Morgan fingerprint density at radius 1 is 1.13 bits per heavy atom. The quantitative estimate of drug-likeness (QED) is 0.461. The van der Waals surface area contributed by atoms with E-state index in [1.165, 1.54) is 12.7 Å². The molecule has 0 radical (unpaired) electrons. The molecule has 2 unspecified atom stereocenters. The van der Waals surface area contributed by atoms with Gasteiger partial charge in [0.1, 0.15) is 17.8 Å². The standard InChI is InChI=1S/C21H24FN7S/c22-16-2-4-17(5-3-16)29-10-7-15-12-28(13-19(15)29)9-1-11-30-21-25-20(26-27-21)18-6-8-23-14-24-18/h2-6,8,14-15,19H,1,7,9-13H2,(H,25,26,27). The normalized spacial score (nSPS) is 21.3. The van der Waals surface area contributed by atoms with Crippen molar-refractivity contribution in [3.8, 4) is 11.5 Å². The second-order valence-corrected chi connectivity index (χ2v) is 8.90. The minimum absolute atomic E-state index is 0.170. The van der Waals surface area contributed by atoms with Crippen molar-refractivity contribution in [3.05, 3.63) is 48.7 Å². The highest BCUT2D eigenvalue weighted by molar-refractivity contribution is 7.99. The first-order valence-corrected chi connectivity index (χ1v) is 11.3. The van der Waals surface area contributed by atoms with E-state index in [1.54, 1.807) is 30.1 Å². The van der Waals surface area contributed by atoms with Gasteiger partial charge in [-0.05, 0) is 55.6 Å². The van der Waals surface area contributed by atoms with Gasteiger partial charge in [0, 0.05) is 43.3 Å². The molecule has 1 aromatic carbocycles. The fourth-order valence-electron chi connectivity index (χ4n) is 4.50. The van der Waals surface area contributed by atoms with Crippen LogP contribution in [0.15, 0.2) is 48.0 Å². The summed E-state index contributed by atoms with van der Waals surface area (Å²) in [5.41, 5.74) is 1.89. The molecule has 9 heteroatoms. The minimum atomic E-state index is -0.170. The van der Waals surface area contributed by atoms with Crippen LogP contribution in [-0.2, 0) is 0 Å². The van der Waals surface area contributed by atoms with Gasteiger partial charge in [0.15, 0.2) is 11.0 Å². The smallest absolute Gasteiger partial charge is 0.188 e. The van der Waals surface area contributed by atoms with Gasteiger partial charge in [0.2, 0.25) is 0 Å². The van der Waals surface area contributed by atoms with Crippen LogP contribution in [0.2, 0.25) is 0 Å². The molecule has 2 aromatic heterocycles. The van der Waals surface area contributed by atoms with Crippen molar-refractivity contribution >= 4 is 17.4 Å². The molecular weight excluding hydrogens is 401 g/mol. The molecule has 2 aliphatic rings. The van der Waals surface area contributed by atoms with Crippen molar-refractivity contribution in [2.24, 2.45) is 5.92 Å². The van der Waals surface area contributed by atoms with Crippen LogP contribution in [0.1, 0.15) is 12.8 Å². The number of nitrogens with one attached hydrogen (secondary N) is 1. The van der Waals surface area contributed by atoms with Crippen LogP contribution >= 0.6 is 11.8 Å². The second-order valence-electron chi connectivity index (χ2n) is 7.82. The van der Waals surface area contributed by atoms with Gasteiger partial charge in [-0.2, -0.15) is 0 Å². The van der Waals surface area contributed by atoms with Crippen LogP contribution in [0.4, 0.5) is 10.1 Å². The van der Waals surface area contributed by atoms with E-state index in [-0.39, 0.29) is 5.82 Å². The Morgan fingerprint density at radius 2 is 2.03 bits per heavy atom. The van der Waals surface area contributed by atoms with Gasteiger partial charge in [-0.25, -0.2) is 14.4 Å². The summed E-state index contributed by atoms with van der Waals surface area (Å²) >= 11 is 1.69. The Hall–Kier alpha value is -2.52. The molecule has 2 fully saturated rings. The maximum Gasteiger partial charge on any atom is 0.188 e. The van der Waals surface area contributed by atoms with Gasteiger partial charge < -0.3 is 14.8 Å². The Balaban J connectivity index is 1.08. The van der Waals surface area contributed by atoms with Crippen LogP contribution in [0.25, 0.3) is 11.5 Å². The van der Waals surface area contributed by atoms with Crippen molar-refractivity contribution in [1.82, 2.24) is 30.0 Å². The number of aromatic nitrogens is 5. The highest BCUT2D eigenvalue weighted by Crippen LogP contribution is 2.35. The molecule has 2 atom stereocenters. The number of anilines is 1. The van der Waals surface area contributed by atoms with Crippen LogP contribution < -0.4 is 4.90 Å². The molecule has 3 aromatic rings. The van der Waals surface area contributed by atoms with E-state index >= 15 is 0 Å². The number of aromatic amines is 1. The molecule has 0 bridgehead atoms. The van der Waals surface area contributed by atoms with E-state index in [0.29, 0.717) is 17.8 Å². The van der Waals surface area contributed by atoms with Gasteiger partial charge in [-0.3, -0.25) is 0 Å². The molecule has 5 rings (SSSR count). The van der Waals surface area contributed by atoms with E-state index in [1.807, 2.05) is 18.2 Å². The minimum Gasteiger partial charge on any atom is -0.367 e. The molecular formula is C21H24FN7S. The van der Waals surface area contributed by atoms with E-state index < -0.39 is 0 Å². The molecule has 4 heterocycles. The number of rotatable bonds is 7. The molecule has 2 aliphatic heterocycles. The summed E-state index contributed by atoms with van der Waals surface area (Å²) in [4.78, 5) is 16.4. The molecule has 2 saturated heterocycles. The zero-order chi connectivity index (χ0) is 20.3. The lowest BCUT2D eigenvalue weighted by molar-refractivity contribution is 0.319. The summed E-state index contributed by atoms with van der Waals surface area (Å²) in [5, 5.41) is 9.20. The number of thioether (sulfide) groups is 1. The SMILES string of the molecule is Fc1ccc(N2CCC3CN(CCCSc4nnc(-c5ccncn5)[nH]4)CC32)cc1. The highest BCUT2D eigenvalue weighted by Gasteiger charge is 2.40. The Morgan fingerprint density at radius 3 is 2.87 bits per heavy atom. The fourth-order valence-corrected chi connectivity index (χ4v) is 5.23. The lowest BCUT2D eigenvalue weighted by Crippen LogP contribution is -2.35. The third-order valence-corrected chi connectivity index (χ3v) is 6.88. The lowest BCUT2D eigenvalue weighted by atomic mass is 10.1. The Labute approximate surface area is 179 Å². The molecule has 0 amide bonds. The average molecular weight is 426 g/mol. The van der Waals surface area contributed by atoms with Gasteiger partial charge in [-0.15, -0.1) is 10.2 Å². The maximum absolute atomic E-state index is 13.2.